The number of hydrogen-bond acceptors (Lipinski definition) is 5. The number of benzene rings is 2. The second-order valence-corrected chi connectivity index (χ2v) is 9.48. The molecular weight excluding hydrogens is 462 g/mol. The molecule has 4 aromatic rings. The predicted octanol–water partition coefficient (Wildman–Crippen LogP) is 3.01. The Hall–Kier alpha value is -4.08. The van der Waals surface area contributed by atoms with Crippen molar-refractivity contribution in [2.45, 2.75) is 17.9 Å². The van der Waals surface area contributed by atoms with Crippen LogP contribution in [0.5, 0.6) is 0 Å². The third-order valence-electron chi connectivity index (χ3n) is 5.29. The van der Waals surface area contributed by atoms with E-state index >= 15 is 0 Å². The van der Waals surface area contributed by atoms with Gasteiger partial charge in [0.05, 0.1) is 11.4 Å². The first kappa shape index (κ1) is 24.1. The number of pyridine rings is 1. The van der Waals surface area contributed by atoms with Crippen LogP contribution >= 0.6 is 0 Å². The summed E-state index contributed by atoms with van der Waals surface area (Å²) in [5.41, 5.74) is 4.43. The highest BCUT2D eigenvalue weighted by atomic mass is 32.2. The maximum Gasteiger partial charge on any atom is 0.244 e. The number of carbonyl (C=O) groups is 1. The number of sulfonamides is 1. The molecule has 8 nitrogen and oxygen atoms in total. The molecular formula is C26H25N5O3S. The molecule has 0 aliphatic heterocycles. The summed E-state index contributed by atoms with van der Waals surface area (Å²) < 4.78 is 24.5. The van der Waals surface area contributed by atoms with Crippen LogP contribution in [0.25, 0.3) is 17.3 Å². The van der Waals surface area contributed by atoms with Gasteiger partial charge in [0.25, 0.3) is 0 Å². The Morgan fingerprint density at radius 1 is 1.00 bits per heavy atom. The van der Waals surface area contributed by atoms with Crippen molar-refractivity contribution in [1.82, 2.24) is 20.1 Å². The van der Waals surface area contributed by atoms with E-state index < -0.39 is 10.0 Å². The smallest absolute Gasteiger partial charge is 0.244 e. The number of nitrogens with zero attached hydrogens (tertiary/aromatic N) is 3. The molecule has 4 rings (SSSR count). The van der Waals surface area contributed by atoms with E-state index in [1.165, 1.54) is 18.2 Å². The van der Waals surface area contributed by atoms with Crippen LogP contribution in [0.4, 0.5) is 0 Å². The van der Waals surface area contributed by atoms with Crippen LogP contribution in [0.2, 0.25) is 0 Å². The van der Waals surface area contributed by atoms with Crippen molar-refractivity contribution in [3.8, 4) is 11.3 Å². The van der Waals surface area contributed by atoms with E-state index in [1.807, 2.05) is 53.3 Å². The summed E-state index contributed by atoms with van der Waals surface area (Å²) in [6.07, 6.45) is 9.14. The number of amides is 1. The number of nitrogens with two attached hydrogens (primary N) is 1. The molecule has 35 heavy (non-hydrogen) atoms. The Bertz CT molecular complexity index is 1420. The van der Waals surface area contributed by atoms with Crippen LogP contribution in [0.1, 0.15) is 16.7 Å². The molecule has 0 unspecified atom stereocenters. The van der Waals surface area contributed by atoms with Crippen LogP contribution in [0.3, 0.4) is 0 Å². The molecule has 0 aliphatic rings. The fraction of sp³-hybridized carbons (Fsp3) is 0.115. The van der Waals surface area contributed by atoms with Gasteiger partial charge in [0.1, 0.15) is 5.69 Å². The minimum atomic E-state index is -3.72. The average Bonchev–Trinajstić information content (AvgIpc) is 3.26. The van der Waals surface area contributed by atoms with Gasteiger partial charge < -0.3 is 5.32 Å². The molecule has 0 spiro atoms. The minimum absolute atomic E-state index is 0.0606. The lowest BCUT2D eigenvalue weighted by Crippen LogP contribution is -2.23. The summed E-state index contributed by atoms with van der Waals surface area (Å²) in [4.78, 5) is 16.7. The van der Waals surface area contributed by atoms with Crippen molar-refractivity contribution in [2.75, 3.05) is 6.54 Å². The Labute approximate surface area is 204 Å². The normalized spacial score (nSPS) is 11.6. The van der Waals surface area contributed by atoms with Crippen LogP contribution in [-0.4, -0.2) is 35.6 Å². The summed E-state index contributed by atoms with van der Waals surface area (Å²) >= 11 is 0. The Morgan fingerprint density at radius 2 is 1.77 bits per heavy atom. The Kier molecular flexibility index (Phi) is 7.49. The minimum Gasteiger partial charge on any atom is -0.352 e. The van der Waals surface area contributed by atoms with Crippen LogP contribution in [0.15, 0.2) is 96.3 Å². The van der Waals surface area contributed by atoms with Crippen molar-refractivity contribution in [3.05, 3.63) is 108 Å². The zero-order chi connectivity index (χ0) is 24.7. The van der Waals surface area contributed by atoms with Crippen molar-refractivity contribution in [1.29, 1.82) is 0 Å². The van der Waals surface area contributed by atoms with E-state index in [9.17, 15) is 13.2 Å². The second kappa shape index (κ2) is 10.9. The first-order valence-electron chi connectivity index (χ1n) is 11.0. The van der Waals surface area contributed by atoms with E-state index in [4.69, 9.17) is 10.2 Å². The summed E-state index contributed by atoms with van der Waals surface area (Å²) in [5, 5.41) is 12.7. The molecule has 0 fully saturated rings. The SMILES string of the molecule is NS(=O)(=O)c1ccc(CCNC(=O)/C=C/c2cn(Cc3ccccc3)nc2-c2cccnc2)cc1. The lowest BCUT2D eigenvalue weighted by atomic mass is 10.1. The number of aromatic nitrogens is 3. The van der Waals surface area contributed by atoms with Gasteiger partial charge in [-0.2, -0.15) is 5.10 Å². The molecule has 9 heteroatoms. The maximum absolute atomic E-state index is 12.4. The Morgan fingerprint density at radius 3 is 2.46 bits per heavy atom. The second-order valence-electron chi connectivity index (χ2n) is 7.92. The highest BCUT2D eigenvalue weighted by Crippen LogP contribution is 2.23. The summed E-state index contributed by atoms with van der Waals surface area (Å²) in [5.74, 6) is -0.237. The molecule has 0 bridgehead atoms. The molecule has 178 valence electrons. The first-order chi connectivity index (χ1) is 16.9. The number of carbonyl (C=O) groups excluding carboxylic acids is 1. The van der Waals surface area contributed by atoms with Gasteiger partial charge in [0.2, 0.25) is 15.9 Å². The van der Waals surface area contributed by atoms with Gasteiger partial charge in [0.15, 0.2) is 0 Å². The molecule has 0 saturated heterocycles. The van der Waals surface area contributed by atoms with E-state index in [2.05, 4.69) is 10.3 Å². The molecule has 0 atom stereocenters. The monoisotopic (exact) mass is 487 g/mol. The van der Waals surface area contributed by atoms with Crippen molar-refractivity contribution >= 4 is 22.0 Å². The largest absolute Gasteiger partial charge is 0.352 e. The molecule has 2 aromatic heterocycles. The van der Waals surface area contributed by atoms with E-state index in [-0.39, 0.29) is 10.8 Å². The number of nitrogens with one attached hydrogen (secondary N) is 1. The lowest BCUT2D eigenvalue weighted by molar-refractivity contribution is -0.116. The van der Waals surface area contributed by atoms with Crippen molar-refractivity contribution < 1.29 is 13.2 Å². The van der Waals surface area contributed by atoms with Gasteiger partial charge in [-0.1, -0.05) is 42.5 Å². The van der Waals surface area contributed by atoms with Gasteiger partial charge in [-0.05, 0) is 47.9 Å². The number of hydrogen-bond donors (Lipinski definition) is 2. The molecule has 3 N–H and O–H groups in total. The van der Waals surface area contributed by atoms with Gasteiger partial charge in [-0.15, -0.1) is 0 Å². The molecule has 0 saturated carbocycles. The summed E-state index contributed by atoms with van der Waals surface area (Å²) in [6, 6.07) is 20.1. The Balaban J connectivity index is 1.41. The zero-order valence-electron chi connectivity index (χ0n) is 18.9. The average molecular weight is 488 g/mol. The highest BCUT2D eigenvalue weighted by molar-refractivity contribution is 7.89. The standard InChI is InChI=1S/C26H25N5O3S/c27-35(33,34)24-11-8-20(9-12-24)14-16-29-25(32)13-10-23-19-31(18-21-5-2-1-3-6-21)30-26(23)22-7-4-15-28-17-22/h1-13,15,17,19H,14,16,18H2,(H,29,32)(H2,27,33,34)/b13-10+. The third-order valence-corrected chi connectivity index (χ3v) is 6.22. The predicted molar refractivity (Wildman–Crippen MR) is 135 cm³/mol. The van der Waals surface area contributed by atoms with Crippen molar-refractivity contribution in [3.63, 3.8) is 0 Å². The fourth-order valence-electron chi connectivity index (χ4n) is 3.54. The summed E-state index contributed by atoms with van der Waals surface area (Å²) in [7, 11) is -3.72. The molecule has 2 heterocycles. The van der Waals surface area contributed by atoms with Crippen molar-refractivity contribution in [2.24, 2.45) is 5.14 Å². The lowest BCUT2D eigenvalue weighted by Gasteiger charge is -2.04. The van der Waals surface area contributed by atoms with Crippen LogP contribution in [-0.2, 0) is 27.8 Å². The van der Waals surface area contributed by atoms with Crippen LogP contribution in [0, 0.1) is 0 Å². The first-order valence-corrected chi connectivity index (χ1v) is 12.5. The third kappa shape index (κ3) is 6.72. The van der Waals surface area contributed by atoms with E-state index in [0.717, 1.165) is 27.9 Å². The quantitative estimate of drug-likeness (QED) is 0.352. The molecule has 0 aliphatic carbocycles. The molecule has 1 amide bonds. The fourth-order valence-corrected chi connectivity index (χ4v) is 4.05. The van der Waals surface area contributed by atoms with Gasteiger partial charge in [-0.25, -0.2) is 13.6 Å². The maximum atomic E-state index is 12.4. The molecule has 0 radical (unpaired) electrons. The van der Waals surface area contributed by atoms with Gasteiger partial charge in [-0.3, -0.25) is 14.5 Å². The van der Waals surface area contributed by atoms with E-state index in [0.29, 0.717) is 19.5 Å². The zero-order valence-corrected chi connectivity index (χ0v) is 19.7. The number of primary sulfonamides is 1. The van der Waals surface area contributed by atoms with Gasteiger partial charge >= 0.3 is 0 Å². The molecule has 2 aromatic carbocycles. The van der Waals surface area contributed by atoms with E-state index in [1.54, 1.807) is 30.6 Å². The van der Waals surface area contributed by atoms with Crippen LogP contribution < -0.4 is 10.5 Å². The number of rotatable bonds is 9. The topological polar surface area (TPSA) is 120 Å². The summed E-state index contributed by atoms with van der Waals surface area (Å²) in [6.45, 7) is 1.01. The van der Waals surface area contributed by atoms with Gasteiger partial charge in [0, 0.05) is 42.3 Å². The highest BCUT2D eigenvalue weighted by Gasteiger charge is 2.11.